The van der Waals surface area contributed by atoms with Gasteiger partial charge in [0.05, 0.1) is 27.1 Å². The second-order valence-electron chi connectivity index (χ2n) is 11.4. The molecule has 0 fully saturated rings. The summed E-state index contributed by atoms with van der Waals surface area (Å²) in [6.07, 6.45) is 0.333. The molecule has 5 aromatic rings. The lowest BCUT2D eigenvalue weighted by Crippen LogP contribution is -2.51. The number of non-ortho nitro benzene ring substituents is 1. The van der Waals surface area contributed by atoms with E-state index >= 15 is 0 Å². The van der Waals surface area contributed by atoms with Crippen molar-refractivity contribution in [1.82, 2.24) is 4.90 Å². The number of nitro benzene ring substituents is 1. The Morgan fingerprint density at radius 2 is 1.57 bits per heavy atom. The fourth-order valence-corrected chi connectivity index (χ4v) is 7.92. The summed E-state index contributed by atoms with van der Waals surface area (Å²) < 4.78 is 0.517. The number of benzene rings is 4. The third-order valence-electron chi connectivity index (χ3n) is 8.58. The van der Waals surface area contributed by atoms with E-state index in [2.05, 4.69) is 0 Å². The number of nitro groups is 1. The van der Waals surface area contributed by atoms with Gasteiger partial charge < -0.3 is 4.90 Å². The number of fused-ring (bicyclic) bond motifs is 3. The van der Waals surface area contributed by atoms with Crippen LogP contribution in [0.2, 0.25) is 5.02 Å². The Balaban J connectivity index is 1.26. The molecule has 2 aliphatic heterocycles. The van der Waals surface area contributed by atoms with Crippen LogP contribution in [-0.4, -0.2) is 46.0 Å². The Hall–Kier alpha value is -5.39. The first-order chi connectivity index (χ1) is 22.7. The van der Waals surface area contributed by atoms with E-state index in [9.17, 15) is 29.3 Å². The van der Waals surface area contributed by atoms with Gasteiger partial charge >= 0.3 is 0 Å². The van der Waals surface area contributed by atoms with E-state index in [1.807, 2.05) is 49.4 Å². The summed E-state index contributed by atoms with van der Waals surface area (Å²) in [6, 6.07) is 26.2. The van der Waals surface area contributed by atoms with E-state index in [0.29, 0.717) is 33.4 Å². The number of hydrogen-bond donors (Lipinski definition) is 0. The zero-order valence-corrected chi connectivity index (χ0v) is 26.4. The van der Waals surface area contributed by atoms with E-state index in [1.165, 1.54) is 12.1 Å². The summed E-state index contributed by atoms with van der Waals surface area (Å²) in [5.41, 5.74) is 2.30. The van der Waals surface area contributed by atoms with E-state index in [1.54, 1.807) is 52.3 Å². The molecule has 47 heavy (non-hydrogen) atoms. The van der Waals surface area contributed by atoms with Gasteiger partial charge in [-0.2, -0.15) is 0 Å². The SMILES string of the molecule is C[C@H]1C[C@H](N(C(=O)c2sc3cc([N+](=O)[O-])ccc3c2Cl)c2ccccc2)c2ccccc2N1C(=O)CN1C(=O)c2ccccc2C1=O. The molecule has 234 valence electrons. The highest BCUT2D eigenvalue weighted by atomic mass is 35.5. The van der Waals surface area contributed by atoms with Gasteiger partial charge in [-0.3, -0.25) is 39.1 Å². The molecule has 0 saturated carbocycles. The highest BCUT2D eigenvalue weighted by molar-refractivity contribution is 7.21. The largest absolute Gasteiger partial charge is 0.308 e. The number of hydrogen-bond acceptors (Lipinski definition) is 7. The van der Waals surface area contributed by atoms with Gasteiger partial charge in [0.1, 0.15) is 11.4 Å². The second kappa shape index (κ2) is 11.8. The van der Waals surface area contributed by atoms with E-state index < -0.39 is 41.3 Å². The molecule has 0 unspecified atom stereocenters. The molecule has 0 N–H and O–H groups in total. The number of carbonyl (C=O) groups is 4. The van der Waals surface area contributed by atoms with Crippen LogP contribution in [0.3, 0.4) is 0 Å². The number of para-hydroxylation sites is 2. The monoisotopic (exact) mass is 664 g/mol. The fraction of sp³-hybridized carbons (Fsp3) is 0.143. The van der Waals surface area contributed by atoms with Crippen LogP contribution in [0.4, 0.5) is 17.1 Å². The van der Waals surface area contributed by atoms with Crippen LogP contribution < -0.4 is 9.80 Å². The number of nitrogens with zero attached hydrogens (tertiary/aromatic N) is 4. The number of carbonyl (C=O) groups excluding carboxylic acids is 4. The normalized spacial score (nSPS) is 17.1. The van der Waals surface area contributed by atoms with Crippen molar-refractivity contribution in [3.63, 3.8) is 0 Å². The smallest absolute Gasteiger partial charge is 0.270 e. The number of thiophene rings is 1. The van der Waals surface area contributed by atoms with Crippen LogP contribution in [0.25, 0.3) is 10.1 Å². The summed E-state index contributed by atoms with van der Waals surface area (Å²) in [6.45, 7) is 1.43. The summed E-state index contributed by atoms with van der Waals surface area (Å²) in [5.74, 6) is -1.84. The Bertz CT molecular complexity index is 2100. The average Bonchev–Trinajstić information content (AvgIpc) is 3.53. The highest BCUT2D eigenvalue weighted by Crippen LogP contribution is 2.45. The van der Waals surface area contributed by atoms with Gasteiger partial charge in [0, 0.05) is 39.6 Å². The lowest BCUT2D eigenvalue weighted by atomic mass is 9.89. The summed E-state index contributed by atoms with van der Waals surface area (Å²) in [4.78, 5) is 70.0. The Labute approximate surface area is 277 Å². The minimum atomic E-state index is -0.532. The molecular weight excluding hydrogens is 640 g/mol. The van der Waals surface area contributed by atoms with Crippen molar-refractivity contribution in [1.29, 1.82) is 0 Å². The molecule has 12 heteroatoms. The first kappa shape index (κ1) is 30.3. The lowest BCUT2D eigenvalue weighted by Gasteiger charge is -2.43. The number of rotatable bonds is 6. The van der Waals surface area contributed by atoms with E-state index in [4.69, 9.17) is 11.6 Å². The molecule has 0 spiro atoms. The third-order valence-corrected chi connectivity index (χ3v) is 10.2. The molecular formula is C35H25ClN4O6S. The molecule has 0 saturated heterocycles. The van der Waals surface area contributed by atoms with Gasteiger partial charge in [-0.25, -0.2) is 0 Å². The van der Waals surface area contributed by atoms with E-state index in [0.717, 1.165) is 16.2 Å². The van der Waals surface area contributed by atoms with Crippen LogP contribution in [0, 0.1) is 10.1 Å². The summed E-state index contributed by atoms with van der Waals surface area (Å²) in [7, 11) is 0. The average molecular weight is 665 g/mol. The third kappa shape index (κ3) is 5.04. The van der Waals surface area contributed by atoms with Crippen molar-refractivity contribution in [3.8, 4) is 0 Å². The van der Waals surface area contributed by atoms with Gasteiger partial charge in [0.15, 0.2) is 0 Å². The molecule has 4 amide bonds. The highest BCUT2D eigenvalue weighted by Gasteiger charge is 2.42. The van der Waals surface area contributed by atoms with Crippen LogP contribution in [0.5, 0.6) is 0 Å². The first-order valence-corrected chi connectivity index (χ1v) is 16.0. The molecule has 0 aliphatic carbocycles. The van der Waals surface area contributed by atoms with Crippen LogP contribution in [0.15, 0.2) is 97.1 Å². The molecule has 3 heterocycles. The van der Waals surface area contributed by atoms with Gasteiger partial charge in [-0.15, -0.1) is 11.3 Å². The van der Waals surface area contributed by atoms with Crippen molar-refractivity contribution in [2.24, 2.45) is 0 Å². The minimum absolute atomic E-state index is 0.102. The van der Waals surface area contributed by atoms with Gasteiger partial charge in [0.2, 0.25) is 5.91 Å². The van der Waals surface area contributed by atoms with Gasteiger partial charge in [0.25, 0.3) is 23.4 Å². The molecule has 4 aromatic carbocycles. The zero-order valence-electron chi connectivity index (χ0n) is 24.8. The van der Waals surface area contributed by atoms with Crippen molar-refractivity contribution in [3.05, 3.63) is 134 Å². The fourth-order valence-electron chi connectivity index (χ4n) is 6.44. The lowest BCUT2D eigenvalue weighted by molar-refractivity contribution is -0.384. The predicted octanol–water partition coefficient (Wildman–Crippen LogP) is 7.27. The van der Waals surface area contributed by atoms with Gasteiger partial charge in [-0.1, -0.05) is 60.1 Å². The number of amides is 4. The predicted molar refractivity (Wildman–Crippen MR) is 179 cm³/mol. The van der Waals surface area contributed by atoms with E-state index in [-0.39, 0.29) is 32.6 Å². The standard InChI is InChI=1S/C35H25ClN4O6S/c1-20-17-28(25-13-7-8-14-27(25)38(20)30(41)19-37-33(42)23-11-5-6-12-24(23)34(37)43)39(21-9-3-2-4-10-21)35(44)32-31(36)26-16-15-22(40(45)46)18-29(26)47-32/h2-16,18,20,28H,17,19H2,1H3/t20-,28-/m0/s1. The molecule has 10 nitrogen and oxygen atoms in total. The van der Waals surface area contributed by atoms with Crippen LogP contribution in [-0.2, 0) is 4.79 Å². The van der Waals surface area contributed by atoms with Crippen molar-refractivity contribution >= 4 is 73.7 Å². The summed E-state index contributed by atoms with van der Waals surface area (Å²) >= 11 is 7.86. The van der Waals surface area contributed by atoms with Crippen LogP contribution >= 0.6 is 22.9 Å². The zero-order chi connectivity index (χ0) is 33.0. The maximum atomic E-state index is 14.6. The summed E-state index contributed by atoms with van der Waals surface area (Å²) in [5, 5.41) is 12.2. The van der Waals surface area contributed by atoms with Crippen molar-refractivity contribution in [2.75, 3.05) is 16.3 Å². The Kier molecular flexibility index (Phi) is 7.57. The molecule has 1 aromatic heterocycles. The topological polar surface area (TPSA) is 121 Å². The van der Waals surface area contributed by atoms with Crippen molar-refractivity contribution < 1.29 is 24.1 Å². The van der Waals surface area contributed by atoms with Crippen molar-refractivity contribution in [2.45, 2.75) is 25.4 Å². The number of imide groups is 1. The molecule has 2 aliphatic rings. The first-order valence-electron chi connectivity index (χ1n) is 14.8. The number of anilines is 2. The number of halogens is 1. The Morgan fingerprint density at radius 3 is 2.26 bits per heavy atom. The second-order valence-corrected chi connectivity index (χ2v) is 12.8. The molecule has 0 radical (unpaired) electrons. The molecule has 0 bridgehead atoms. The molecule has 2 atom stereocenters. The quantitative estimate of drug-likeness (QED) is 0.107. The maximum absolute atomic E-state index is 14.6. The van der Waals surface area contributed by atoms with Gasteiger partial charge in [-0.05, 0) is 55.3 Å². The molecule has 7 rings (SSSR count). The Morgan fingerprint density at radius 1 is 0.936 bits per heavy atom. The van der Waals surface area contributed by atoms with Crippen LogP contribution in [0.1, 0.15) is 55.3 Å². The minimum Gasteiger partial charge on any atom is -0.308 e. The maximum Gasteiger partial charge on any atom is 0.270 e.